The van der Waals surface area contributed by atoms with E-state index in [0.29, 0.717) is 58.4 Å². The average Bonchev–Trinajstić information content (AvgIpc) is 4.33. The molecule has 2 saturated carbocycles. The van der Waals surface area contributed by atoms with Crippen molar-refractivity contribution < 1.29 is 62.7 Å². The molecule has 2 aliphatic heterocycles. The molecule has 0 amide bonds. The summed E-state index contributed by atoms with van der Waals surface area (Å²) in [5.74, 6) is 0.272. The average molecular weight is 1020 g/mol. The van der Waals surface area contributed by atoms with Gasteiger partial charge in [-0.1, -0.05) is 84.0 Å². The first-order valence-corrected chi connectivity index (χ1v) is 24.7. The maximum atomic E-state index is 13.5. The third kappa shape index (κ3) is 7.29. The minimum absolute atomic E-state index is 0.0208. The van der Waals surface area contributed by atoms with E-state index in [1.807, 2.05) is 54.6 Å². The highest BCUT2D eigenvalue weighted by Gasteiger charge is 2.79. The molecular weight excluding hydrogens is 963 g/mol. The number of rotatable bonds is 17. The standard InChI is InChI=1S/C57H59N5O13/c1-67-36-20-16-34(17-21-36)56-45(32-10-6-5-7-11-32)44(52-61-62-53(60)73-52)50(63)54(56,65)47-41(70-4)27-39(29-43(47)74-56)72-30-31-12-14-33(15-13-31)46-49(59)51(64)55(66)48-40(69-3)26-38(71-25-9-8-24-58)28-42(48)75-57(46,55)35-18-22-37(68-2)23-19-35/h5-7,10-23,26-29,44-46,49-51,63-66H,8-9,24-25,30,58-59H2,1-4H3,(H2,60,62)/t44-,45-,46-,49-,50-,51-,54+,55+,56+,57+/m1/s1. The largest absolute Gasteiger partial charge is 0.497 e. The van der Waals surface area contributed by atoms with Crippen molar-refractivity contribution in [2.45, 2.75) is 77.9 Å². The third-order valence-corrected chi connectivity index (χ3v) is 15.7. The van der Waals surface area contributed by atoms with Gasteiger partial charge in [0.25, 0.3) is 0 Å². The Morgan fingerprint density at radius 3 is 1.64 bits per heavy atom. The van der Waals surface area contributed by atoms with Crippen molar-refractivity contribution in [3.8, 4) is 46.0 Å². The molecule has 2 aliphatic carbocycles. The predicted octanol–water partition coefficient (Wildman–Crippen LogP) is 5.76. The van der Waals surface area contributed by atoms with E-state index in [0.717, 1.165) is 18.4 Å². The first-order chi connectivity index (χ1) is 36.3. The molecule has 7 aromatic rings. The first-order valence-electron chi connectivity index (χ1n) is 24.7. The second-order valence-electron chi connectivity index (χ2n) is 19.4. The summed E-state index contributed by atoms with van der Waals surface area (Å²) >= 11 is 0. The Labute approximate surface area is 432 Å². The molecule has 1 aromatic heterocycles. The van der Waals surface area contributed by atoms with Gasteiger partial charge >= 0.3 is 6.01 Å². The lowest BCUT2D eigenvalue weighted by molar-refractivity contribution is -0.151. The number of nitrogens with two attached hydrogens (primary N) is 3. The van der Waals surface area contributed by atoms with E-state index in [-0.39, 0.29) is 52.6 Å². The van der Waals surface area contributed by atoms with Crippen LogP contribution in [0.25, 0.3) is 0 Å². The molecule has 11 rings (SSSR count). The van der Waals surface area contributed by atoms with Crippen molar-refractivity contribution in [3.05, 3.63) is 172 Å². The van der Waals surface area contributed by atoms with E-state index in [1.165, 1.54) is 14.2 Å². The number of aromatic nitrogens is 2. The molecule has 4 aliphatic rings. The Morgan fingerprint density at radius 1 is 0.587 bits per heavy atom. The molecule has 18 nitrogen and oxygen atoms in total. The molecule has 0 unspecified atom stereocenters. The Kier molecular flexibility index (Phi) is 12.5. The predicted molar refractivity (Wildman–Crippen MR) is 272 cm³/mol. The van der Waals surface area contributed by atoms with Gasteiger partial charge in [-0.2, -0.15) is 0 Å². The molecule has 2 fully saturated rings. The number of aliphatic hydroxyl groups excluding tert-OH is 2. The van der Waals surface area contributed by atoms with E-state index in [2.05, 4.69) is 10.2 Å². The summed E-state index contributed by atoms with van der Waals surface area (Å²) in [5.41, 5.74) is 14.7. The summed E-state index contributed by atoms with van der Waals surface area (Å²) < 4.78 is 55.5. The molecule has 390 valence electrons. The highest BCUT2D eigenvalue weighted by Crippen LogP contribution is 2.72. The van der Waals surface area contributed by atoms with Crippen molar-refractivity contribution in [1.29, 1.82) is 0 Å². The number of methoxy groups -OCH3 is 4. The van der Waals surface area contributed by atoms with Crippen LogP contribution in [0.1, 0.15) is 75.4 Å². The summed E-state index contributed by atoms with van der Waals surface area (Å²) in [6.07, 6.45) is -1.60. The highest BCUT2D eigenvalue weighted by molar-refractivity contribution is 5.65. The molecule has 0 saturated heterocycles. The van der Waals surface area contributed by atoms with Crippen LogP contribution in [0.3, 0.4) is 0 Å². The van der Waals surface area contributed by atoms with Gasteiger partial charge in [0.2, 0.25) is 5.89 Å². The third-order valence-electron chi connectivity index (χ3n) is 15.7. The quantitative estimate of drug-likeness (QED) is 0.0534. The van der Waals surface area contributed by atoms with E-state index < -0.39 is 58.4 Å². The van der Waals surface area contributed by atoms with E-state index in [1.54, 1.807) is 87.0 Å². The van der Waals surface area contributed by atoms with Crippen LogP contribution < -0.4 is 55.1 Å². The maximum Gasteiger partial charge on any atom is 0.312 e. The molecular formula is C57H59N5O13. The van der Waals surface area contributed by atoms with E-state index >= 15 is 0 Å². The molecule has 10 N–H and O–H groups in total. The molecule has 0 radical (unpaired) electrons. The Hall–Kier alpha value is -7.58. The van der Waals surface area contributed by atoms with Gasteiger partial charge in [-0.25, -0.2) is 0 Å². The van der Waals surface area contributed by atoms with Crippen LogP contribution in [0, 0.1) is 0 Å². The molecule has 75 heavy (non-hydrogen) atoms. The fourth-order valence-electron chi connectivity index (χ4n) is 12.4. The van der Waals surface area contributed by atoms with Gasteiger partial charge in [0.05, 0.1) is 52.1 Å². The minimum Gasteiger partial charge on any atom is -0.497 e. The van der Waals surface area contributed by atoms with Crippen molar-refractivity contribution in [3.63, 3.8) is 0 Å². The normalized spacial score (nSPS) is 27.8. The number of nitrogens with zero attached hydrogens (tertiary/aromatic N) is 2. The molecule has 18 heteroatoms. The Bertz CT molecular complexity index is 3200. The van der Waals surface area contributed by atoms with E-state index in [9.17, 15) is 20.4 Å². The Balaban J connectivity index is 0.940. The van der Waals surface area contributed by atoms with Crippen molar-refractivity contribution in [1.82, 2.24) is 10.2 Å². The molecule has 0 spiro atoms. The Morgan fingerprint density at radius 2 is 1.12 bits per heavy atom. The lowest BCUT2D eigenvalue weighted by Crippen LogP contribution is -2.52. The lowest BCUT2D eigenvalue weighted by Gasteiger charge is -2.40. The van der Waals surface area contributed by atoms with Crippen LogP contribution in [0.4, 0.5) is 6.01 Å². The topological polar surface area (TPSA) is 272 Å². The van der Waals surface area contributed by atoms with Crippen LogP contribution >= 0.6 is 0 Å². The second-order valence-corrected chi connectivity index (χ2v) is 19.4. The zero-order valence-electron chi connectivity index (χ0n) is 41.7. The van der Waals surface area contributed by atoms with Gasteiger partial charge in [0.15, 0.2) is 22.4 Å². The smallest absolute Gasteiger partial charge is 0.312 e. The molecule has 3 heterocycles. The lowest BCUT2D eigenvalue weighted by atomic mass is 9.70. The molecule has 0 bridgehead atoms. The van der Waals surface area contributed by atoms with Gasteiger partial charge in [-0.3, -0.25) is 0 Å². The SMILES string of the molecule is COc1ccc([C@@]23Oc4cc(OCCCCN)cc(OC)c4[C@]2(O)[C@H](O)[C@H](N)[C@H]3c2ccc(COc3cc(OC)c4c(c3)O[C@@]3(c5ccc(OC)cc5)[C@H](c5ccccc5)[C@@H](c5nnc(N)o5)[C@@H](O)[C@@]43O)cc2)cc1. The number of hydrogen-bond donors (Lipinski definition) is 7. The van der Waals surface area contributed by atoms with Gasteiger partial charge in [-0.15, -0.1) is 5.10 Å². The van der Waals surface area contributed by atoms with Crippen LogP contribution in [0.15, 0.2) is 132 Å². The minimum atomic E-state index is -2.19. The highest BCUT2D eigenvalue weighted by atomic mass is 16.6. The van der Waals surface area contributed by atoms with Gasteiger partial charge in [0.1, 0.15) is 64.8 Å². The summed E-state index contributed by atoms with van der Waals surface area (Å²) in [6, 6.07) is 36.6. The number of unbranched alkanes of at least 4 members (excludes halogenated alkanes) is 1. The van der Waals surface area contributed by atoms with Gasteiger partial charge in [-0.05, 0) is 71.5 Å². The number of aliphatic hydroxyl groups is 4. The fourth-order valence-corrected chi connectivity index (χ4v) is 12.4. The van der Waals surface area contributed by atoms with Crippen LogP contribution in [0.5, 0.6) is 46.0 Å². The second kappa shape index (κ2) is 19.0. The monoisotopic (exact) mass is 1020 g/mol. The summed E-state index contributed by atoms with van der Waals surface area (Å²) in [4.78, 5) is 0. The number of benzene rings is 6. The van der Waals surface area contributed by atoms with Gasteiger partial charge < -0.3 is 79.9 Å². The molecule has 10 atom stereocenters. The van der Waals surface area contributed by atoms with Crippen molar-refractivity contribution in [2.75, 3.05) is 47.3 Å². The number of fused-ring (bicyclic) bond motifs is 6. The molecule has 6 aromatic carbocycles. The fraction of sp³-hybridized carbons (Fsp3) is 0.333. The summed E-state index contributed by atoms with van der Waals surface area (Å²) in [5, 5.41) is 59.8. The number of anilines is 1. The van der Waals surface area contributed by atoms with E-state index in [4.69, 9.17) is 59.5 Å². The summed E-state index contributed by atoms with van der Waals surface area (Å²) in [7, 11) is 6.07. The number of ether oxygens (including phenoxy) is 8. The van der Waals surface area contributed by atoms with Crippen molar-refractivity contribution >= 4 is 6.01 Å². The van der Waals surface area contributed by atoms with Crippen LogP contribution in [0.2, 0.25) is 0 Å². The van der Waals surface area contributed by atoms with Crippen LogP contribution in [-0.2, 0) is 29.0 Å². The zero-order valence-corrected chi connectivity index (χ0v) is 41.7. The zero-order chi connectivity index (χ0) is 52.4. The van der Waals surface area contributed by atoms with Crippen LogP contribution in [-0.4, -0.2) is 90.5 Å². The maximum absolute atomic E-state index is 13.5. The summed E-state index contributed by atoms with van der Waals surface area (Å²) in [6.45, 7) is 1.00. The van der Waals surface area contributed by atoms with Crippen molar-refractivity contribution in [2.24, 2.45) is 11.5 Å². The van der Waals surface area contributed by atoms with Gasteiger partial charge in [0, 0.05) is 42.1 Å². The number of hydrogen-bond acceptors (Lipinski definition) is 18. The first kappa shape index (κ1) is 49.6. The number of nitrogen functional groups attached to an aromatic ring is 1.